The quantitative estimate of drug-likeness (QED) is 0.124. The van der Waals surface area contributed by atoms with E-state index in [1.54, 1.807) is 0 Å². The first-order valence-corrected chi connectivity index (χ1v) is 23.9. The maximum atomic E-state index is 4.54. The molecule has 0 heterocycles. The predicted octanol–water partition coefficient (Wildman–Crippen LogP) is 17.0. The van der Waals surface area contributed by atoms with Crippen LogP contribution in [0.3, 0.4) is 0 Å². The Morgan fingerprint density at radius 1 is 0.412 bits per heavy atom. The summed E-state index contributed by atoms with van der Waals surface area (Å²) < 4.78 is 0. The van der Waals surface area contributed by atoms with Crippen molar-refractivity contribution in [1.82, 2.24) is 0 Å². The number of hydrogen-bond donors (Lipinski definition) is 0. The standard InChI is InChI=1S/C67H55N/c1-6-54(40-35-47(2)48-36-38-49(39-37-48)65(3,4)5)68(55-41-43-59-57-31-19-21-33-61(57)66(63(59)45-55,50-23-11-7-12-24-50)51-25-13-8-14-26-51)56-42-44-60-58-32-20-22-34-62(58)67(64(60)46-56,52-27-15-9-16-28-52)53-29-17-10-18-30-53/h6-46H,1H2,2-5H3/b47-35+,54-40+. The molecule has 11 rings (SSSR count). The number of benzene rings is 9. The first-order valence-electron chi connectivity index (χ1n) is 23.9. The fraction of sp³-hybridized carbons (Fsp3) is 0.104. The molecule has 0 N–H and O–H groups in total. The van der Waals surface area contributed by atoms with Crippen LogP contribution in [-0.2, 0) is 16.2 Å². The summed E-state index contributed by atoms with van der Waals surface area (Å²) in [5.41, 5.74) is 20.8. The summed E-state index contributed by atoms with van der Waals surface area (Å²) in [6, 6.07) is 85.5. The number of nitrogens with zero attached hydrogens (tertiary/aromatic N) is 1. The number of anilines is 2. The van der Waals surface area contributed by atoms with E-state index < -0.39 is 10.8 Å². The topological polar surface area (TPSA) is 3.24 Å². The first-order chi connectivity index (χ1) is 33.2. The van der Waals surface area contributed by atoms with Gasteiger partial charge in [0.25, 0.3) is 0 Å². The Kier molecular flexibility index (Phi) is 10.7. The van der Waals surface area contributed by atoms with Crippen LogP contribution in [0.1, 0.15) is 83.3 Å². The zero-order valence-electron chi connectivity index (χ0n) is 39.3. The molecule has 9 aromatic rings. The highest BCUT2D eigenvalue weighted by molar-refractivity contribution is 5.91. The third kappa shape index (κ3) is 6.76. The molecule has 2 aliphatic rings. The summed E-state index contributed by atoms with van der Waals surface area (Å²) in [4.78, 5) is 2.42. The summed E-state index contributed by atoms with van der Waals surface area (Å²) in [6.07, 6.45) is 6.51. The van der Waals surface area contributed by atoms with Crippen LogP contribution in [0.5, 0.6) is 0 Å². The van der Waals surface area contributed by atoms with E-state index >= 15 is 0 Å². The lowest BCUT2D eigenvalue weighted by atomic mass is 9.67. The molecular formula is C67H55N. The molecule has 1 heteroatoms. The van der Waals surface area contributed by atoms with Gasteiger partial charge < -0.3 is 4.90 Å². The molecule has 1 nitrogen and oxygen atoms in total. The molecule has 68 heavy (non-hydrogen) atoms. The largest absolute Gasteiger partial charge is 0.311 e. The molecule has 0 fully saturated rings. The van der Waals surface area contributed by atoms with Gasteiger partial charge in [-0.25, -0.2) is 0 Å². The SMILES string of the molecule is C=C/C(=C\C=C(/C)c1ccc(C(C)(C)C)cc1)N(c1ccc2c(c1)C(c1ccccc1)(c1ccccc1)c1ccccc1-2)c1ccc2c(c1)C(c1ccccc1)(c1ccccc1)c1ccccc1-2. The number of rotatable bonds is 10. The third-order valence-electron chi connectivity index (χ3n) is 14.6. The number of allylic oxidation sites excluding steroid dienone is 4. The fourth-order valence-corrected chi connectivity index (χ4v) is 11.4. The molecule has 0 radical (unpaired) electrons. The van der Waals surface area contributed by atoms with E-state index in [0.717, 1.165) is 17.1 Å². The Labute approximate surface area is 402 Å². The molecule has 0 aromatic heterocycles. The Bertz CT molecular complexity index is 3110. The third-order valence-corrected chi connectivity index (χ3v) is 14.6. The van der Waals surface area contributed by atoms with Crippen molar-refractivity contribution in [2.75, 3.05) is 4.90 Å². The summed E-state index contributed by atoms with van der Waals surface area (Å²) >= 11 is 0. The Hall–Kier alpha value is -8.00. The van der Waals surface area contributed by atoms with Crippen molar-refractivity contribution < 1.29 is 0 Å². The van der Waals surface area contributed by atoms with E-state index in [1.807, 2.05) is 6.08 Å². The van der Waals surface area contributed by atoms with Crippen molar-refractivity contribution >= 4 is 16.9 Å². The molecule has 9 aromatic carbocycles. The van der Waals surface area contributed by atoms with Crippen LogP contribution >= 0.6 is 0 Å². The average molecular weight is 874 g/mol. The van der Waals surface area contributed by atoms with E-state index in [2.05, 4.69) is 282 Å². The zero-order valence-corrected chi connectivity index (χ0v) is 39.3. The highest BCUT2D eigenvalue weighted by Gasteiger charge is 2.48. The lowest BCUT2D eigenvalue weighted by Gasteiger charge is -2.36. The van der Waals surface area contributed by atoms with Crippen LogP contribution < -0.4 is 4.90 Å². The first kappa shape index (κ1) is 42.6. The van der Waals surface area contributed by atoms with Crippen molar-refractivity contribution in [3.8, 4) is 22.3 Å². The Balaban J connectivity index is 1.17. The van der Waals surface area contributed by atoms with Crippen LogP contribution in [0.15, 0.2) is 261 Å². The molecule has 0 amide bonds. The summed E-state index contributed by atoms with van der Waals surface area (Å²) in [7, 11) is 0. The second-order valence-corrected chi connectivity index (χ2v) is 19.3. The van der Waals surface area contributed by atoms with E-state index in [0.29, 0.717) is 0 Å². The Morgan fingerprint density at radius 2 is 0.779 bits per heavy atom. The fourth-order valence-electron chi connectivity index (χ4n) is 11.4. The lowest BCUT2D eigenvalue weighted by Crippen LogP contribution is -2.29. The minimum atomic E-state index is -0.556. The number of hydrogen-bond acceptors (Lipinski definition) is 1. The van der Waals surface area contributed by atoms with Crippen molar-refractivity contribution in [1.29, 1.82) is 0 Å². The van der Waals surface area contributed by atoms with Gasteiger partial charge in [0.2, 0.25) is 0 Å². The molecule has 0 atom stereocenters. The summed E-state index contributed by atoms with van der Waals surface area (Å²) in [6.45, 7) is 13.5. The van der Waals surface area contributed by atoms with E-state index in [1.165, 1.54) is 83.5 Å². The van der Waals surface area contributed by atoms with Crippen molar-refractivity contribution in [2.24, 2.45) is 0 Å². The van der Waals surface area contributed by atoms with Crippen molar-refractivity contribution in [3.05, 3.63) is 317 Å². The van der Waals surface area contributed by atoms with Crippen LogP contribution in [0.4, 0.5) is 11.4 Å². The smallest absolute Gasteiger partial charge is 0.0714 e. The van der Waals surface area contributed by atoms with Gasteiger partial charge >= 0.3 is 0 Å². The predicted molar refractivity (Wildman–Crippen MR) is 287 cm³/mol. The second-order valence-electron chi connectivity index (χ2n) is 19.3. The molecule has 2 aliphatic carbocycles. The van der Waals surface area contributed by atoms with E-state index in [4.69, 9.17) is 0 Å². The molecule has 328 valence electrons. The minimum Gasteiger partial charge on any atom is -0.311 e. The van der Waals surface area contributed by atoms with Crippen LogP contribution in [0.25, 0.3) is 27.8 Å². The molecule has 0 spiro atoms. The van der Waals surface area contributed by atoms with Crippen LogP contribution in [0.2, 0.25) is 0 Å². The van der Waals surface area contributed by atoms with Gasteiger partial charge in [0.15, 0.2) is 0 Å². The summed E-state index contributed by atoms with van der Waals surface area (Å²) in [5.74, 6) is 0. The molecular weight excluding hydrogens is 819 g/mol. The maximum Gasteiger partial charge on any atom is 0.0714 e. The van der Waals surface area contributed by atoms with Gasteiger partial charge in [-0.1, -0.05) is 240 Å². The normalized spacial score (nSPS) is 14.4. The molecule has 0 unspecified atom stereocenters. The zero-order chi connectivity index (χ0) is 46.5. The van der Waals surface area contributed by atoms with Gasteiger partial charge in [-0.15, -0.1) is 0 Å². The molecule has 0 saturated carbocycles. The molecule has 0 aliphatic heterocycles. The van der Waals surface area contributed by atoms with E-state index in [9.17, 15) is 0 Å². The molecule has 0 bridgehead atoms. The second kappa shape index (κ2) is 17.0. The monoisotopic (exact) mass is 873 g/mol. The van der Waals surface area contributed by atoms with Gasteiger partial charge in [0.1, 0.15) is 0 Å². The Morgan fingerprint density at radius 3 is 1.16 bits per heavy atom. The highest BCUT2D eigenvalue weighted by atomic mass is 15.1. The lowest BCUT2D eigenvalue weighted by molar-refractivity contribution is 0.590. The van der Waals surface area contributed by atoms with Gasteiger partial charge in [-0.05, 0) is 132 Å². The van der Waals surface area contributed by atoms with Crippen LogP contribution in [0, 0.1) is 0 Å². The number of fused-ring (bicyclic) bond motifs is 6. The average Bonchev–Trinajstić information content (AvgIpc) is 3.86. The van der Waals surface area contributed by atoms with Crippen LogP contribution in [-0.4, -0.2) is 0 Å². The van der Waals surface area contributed by atoms with Crippen molar-refractivity contribution in [2.45, 2.75) is 43.9 Å². The van der Waals surface area contributed by atoms with Gasteiger partial charge in [0, 0.05) is 17.1 Å². The van der Waals surface area contributed by atoms with Gasteiger partial charge in [0.05, 0.1) is 10.8 Å². The van der Waals surface area contributed by atoms with Crippen molar-refractivity contribution in [3.63, 3.8) is 0 Å². The van der Waals surface area contributed by atoms with Gasteiger partial charge in [-0.3, -0.25) is 0 Å². The minimum absolute atomic E-state index is 0.0816. The van der Waals surface area contributed by atoms with Gasteiger partial charge in [-0.2, -0.15) is 0 Å². The van der Waals surface area contributed by atoms with E-state index in [-0.39, 0.29) is 5.41 Å². The maximum absolute atomic E-state index is 4.54. The highest BCUT2D eigenvalue weighted by Crippen LogP contribution is 2.59. The molecule has 0 saturated heterocycles. The summed E-state index contributed by atoms with van der Waals surface area (Å²) in [5, 5.41) is 0.